The molecule has 0 amide bonds. The molecule has 2 nitrogen and oxygen atoms in total. The van der Waals surface area contributed by atoms with E-state index in [1.165, 1.54) is 12.1 Å². The fraction of sp³-hybridized carbons (Fsp3) is 0.294. The number of hydrogen-bond donors (Lipinski definition) is 1. The summed E-state index contributed by atoms with van der Waals surface area (Å²) in [6, 6.07) is 11.3. The summed E-state index contributed by atoms with van der Waals surface area (Å²) < 4.78 is 28.3. The number of hydrogen-bond acceptors (Lipinski definition) is 2. The molecule has 0 saturated carbocycles. The van der Waals surface area contributed by atoms with Crippen LogP contribution in [0.4, 0.5) is 20.2 Å². The first-order valence-corrected chi connectivity index (χ1v) is 7.07. The van der Waals surface area contributed by atoms with Crippen LogP contribution in [0, 0.1) is 11.6 Å². The van der Waals surface area contributed by atoms with Gasteiger partial charge in [0.25, 0.3) is 0 Å². The lowest BCUT2D eigenvalue weighted by Crippen LogP contribution is -2.23. The van der Waals surface area contributed by atoms with Crippen LogP contribution in [0.1, 0.15) is 25.5 Å². The number of benzene rings is 2. The van der Waals surface area contributed by atoms with Crippen molar-refractivity contribution in [2.45, 2.75) is 19.9 Å². The minimum Gasteiger partial charge on any atom is -0.339 e. The summed E-state index contributed by atoms with van der Waals surface area (Å²) in [4.78, 5) is 1.79. The molecule has 0 saturated heterocycles. The summed E-state index contributed by atoms with van der Waals surface area (Å²) in [5, 5.41) is 3.05. The van der Waals surface area contributed by atoms with Gasteiger partial charge in [-0.1, -0.05) is 18.2 Å². The highest BCUT2D eigenvalue weighted by atomic mass is 19.1. The van der Waals surface area contributed by atoms with Gasteiger partial charge in [-0.05, 0) is 45.2 Å². The second-order valence-corrected chi connectivity index (χ2v) is 4.88. The number of halogens is 2. The van der Waals surface area contributed by atoms with E-state index < -0.39 is 0 Å². The Labute approximate surface area is 124 Å². The van der Waals surface area contributed by atoms with Gasteiger partial charge in [0.15, 0.2) is 0 Å². The molecule has 0 aliphatic rings. The number of rotatable bonds is 5. The van der Waals surface area contributed by atoms with Crippen LogP contribution in [0.15, 0.2) is 42.5 Å². The third-order valence-corrected chi connectivity index (χ3v) is 3.65. The van der Waals surface area contributed by atoms with E-state index in [-0.39, 0.29) is 17.7 Å². The van der Waals surface area contributed by atoms with Gasteiger partial charge in [0, 0.05) is 23.8 Å². The molecule has 2 rings (SSSR count). The summed E-state index contributed by atoms with van der Waals surface area (Å²) in [7, 11) is 1.78. The van der Waals surface area contributed by atoms with Gasteiger partial charge in [0.1, 0.15) is 11.6 Å². The molecule has 0 aromatic heterocycles. The normalized spacial score (nSPS) is 12.2. The standard InChI is InChI=1S/C17H20F2N2/c1-4-21(15-10-6-5-8-13(15)18)16-11-7-9-14(19)17(16)12(2)20-3/h5-12,20H,4H2,1-3H3. The van der Waals surface area contributed by atoms with Gasteiger partial charge in [-0.15, -0.1) is 0 Å². The SMILES string of the molecule is CCN(c1ccccc1F)c1cccc(F)c1C(C)NC. The Kier molecular flexibility index (Phi) is 4.91. The van der Waals surface area contributed by atoms with E-state index in [2.05, 4.69) is 5.32 Å². The molecule has 21 heavy (non-hydrogen) atoms. The molecule has 0 fully saturated rings. The van der Waals surface area contributed by atoms with Crippen molar-refractivity contribution in [2.75, 3.05) is 18.5 Å². The topological polar surface area (TPSA) is 15.3 Å². The van der Waals surface area contributed by atoms with Gasteiger partial charge < -0.3 is 10.2 Å². The van der Waals surface area contributed by atoms with Gasteiger partial charge in [0.2, 0.25) is 0 Å². The predicted molar refractivity (Wildman–Crippen MR) is 83.0 cm³/mol. The highest BCUT2D eigenvalue weighted by Gasteiger charge is 2.20. The van der Waals surface area contributed by atoms with Crippen molar-refractivity contribution < 1.29 is 8.78 Å². The fourth-order valence-corrected chi connectivity index (χ4v) is 2.48. The third-order valence-electron chi connectivity index (χ3n) is 3.65. The number of para-hydroxylation sites is 1. The zero-order valence-electron chi connectivity index (χ0n) is 12.5. The van der Waals surface area contributed by atoms with Gasteiger partial charge in [-0.2, -0.15) is 0 Å². The molecule has 2 aromatic carbocycles. The Bertz CT molecular complexity index is 613. The van der Waals surface area contributed by atoms with E-state index >= 15 is 0 Å². The van der Waals surface area contributed by atoms with Crippen molar-refractivity contribution in [2.24, 2.45) is 0 Å². The maximum atomic E-state index is 14.2. The molecule has 1 unspecified atom stereocenters. The van der Waals surface area contributed by atoms with Crippen molar-refractivity contribution in [3.05, 3.63) is 59.7 Å². The van der Waals surface area contributed by atoms with Crippen molar-refractivity contribution in [1.29, 1.82) is 0 Å². The minimum absolute atomic E-state index is 0.165. The molecule has 0 heterocycles. The van der Waals surface area contributed by atoms with Crippen LogP contribution in [0.3, 0.4) is 0 Å². The molecular formula is C17H20F2N2. The summed E-state index contributed by atoms with van der Waals surface area (Å²) in [5.41, 5.74) is 1.68. The smallest absolute Gasteiger partial charge is 0.146 e. The Hall–Kier alpha value is -1.94. The highest BCUT2D eigenvalue weighted by molar-refractivity contribution is 5.67. The lowest BCUT2D eigenvalue weighted by Gasteiger charge is -2.28. The Balaban J connectivity index is 2.58. The zero-order valence-corrected chi connectivity index (χ0v) is 12.5. The average Bonchev–Trinajstić information content (AvgIpc) is 2.49. The third kappa shape index (κ3) is 3.05. The average molecular weight is 290 g/mol. The molecule has 4 heteroatoms. The summed E-state index contributed by atoms with van der Waals surface area (Å²) >= 11 is 0. The van der Waals surface area contributed by atoms with Crippen molar-refractivity contribution in [3.63, 3.8) is 0 Å². The predicted octanol–water partition coefficient (Wildman–Crippen LogP) is 4.40. The first-order chi connectivity index (χ1) is 10.1. The highest BCUT2D eigenvalue weighted by Crippen LogP contribution is 2.34. The maximum Gasteiger partial charge on any atom is 0.146 e. The molecule has 0 aliphatic carbocycles. The molecule has 2 aromatic rings. The van der Waals surface area contributed by atoms with E-state index in [1.54, 1.807) is 36.2 Å². The van der Waals surface area contributed by atoms with E-state index in [9.17, 15) is 8.78 Å². The van der Waals surface area contributed by atoms with Crippen LogP contribution in [-0.4, -0.2) is 13.6 Å². The second-order valence-electron chi connectivity index (χ2n) is 4.88. The molecule has 0 radical (unpaired) electrons. The van der Waals surface area contributed by atoms with Crippen molar-refractivity contribution >= 4 is 11.4 Å². The molecule has 1 N–H and O–H groups in total. The second kappa shape index (κ2) is 6.68. The number of anilines is 2. The van der Waals surface area contributed by atoms with Crippen LogP contribution in [0.5, 0.6) is 0 Å². The van der Waals surface area contributed by atoms with Gasteiger partial charge in [0.05, 0.1) is 5.69 Å². The van der Waals surface area contributed by atoms with Crippen LogP contribution in [-0.2, 0) is 0 Å². The lowest BCUT2D eigenvalue weighted by atomic mass is 10.0. The molecule has 0 aliphatic heterocycles. The zero-order chi connectivity index (χ0) is 15.4. The van der Waals surface area contributed by atoms with Crippen LogP contribution < -0.4 is 10.2 Å². The van der Waals surface area contributed by atoms with Crippen molar-refractivity contribution in [1.82, 2.24) is 5.32 Å². The van der Waals surface area contributed by atoms with E-state index in [0.29, 0.717) is 23.5 Å². The molecule has 112 valence electrons. The fourth-order valence-electron chi connectivity index (χ4n) is 2.48. The lowest BCUT2D eigenvalue weighted by molar-refractivity contribution is 0.561. The van der Waals surface area contributed by atoms with E-state index in [1.807, 2.05) is 19.9 Å². The van der Waals surface area contributed by atoms with Crippen LogP contribution >= 0.6 is 0 Å². The monoisotopic (exact) mass is 290 g/mol. The number of nitrogens with zero attached hydrogens (tertiary/aromatic N) is 1. The van der Waals surface area contributed by atoms with Crippen molar-refractivity contribution in [3.8, 4) is 0 Å². The molecule has 0 spiro atoms. The summed E-state index contributed by atoms with van der Waals surface area (Å²) in [5.74, 6) is -0.601. The quantitative estimate of drug-likeness (QED) is 0.878. The molecular weight excluding hydrogens is 270 g/mol. The van der Waals surface area contributed by atoms with Crippen LogP contribution in [0.2, 0.25) is 0 Å². The largest absolute Gasteiger partial charge is 0.339 e. The summed E-state index contributed by atoms with van der Waals surface area (Å²) in [6.07, 6.45) is 0. The minimum atomic E-state index is -0.313. The number of nitrogens with one attached hydrogen (secondary N) is 1. The Morgan fingerprint density at radius 1 is 1.00 bits per heavy atom. The Morgan fingerprint density at radius 2 is 1.62 bits per heavy atom. The van der Waals surface area contributed by atoms with Gasteiger partial charge >= 0.3 is 0 Å². The molecule has 0 bridgehead atoms. The maximum absolute atomic E-state index is 14.2. The van der Waals surface area contributed by atoms with E-state index in [0.717, 1.165) is 0 Å². The van der Waals surface area contributed by atoms with Crippen LogP contribution in [0.25, 0.3) is 0 Å². The molecule has 1 atom stereocenters. The first-order valence-electron chi connectivity index (χ1n) is 7.07. The van der Waals surface area contributed by atoms with E-state index in [4.69, 9.17) is 0 Å². The van der Waals surface area contributed by atoms with Gasteiger partial charge in [-0.3, -0.25) is 0 Å². The Morgan fingerprint density at radius 3 is 2.24 bits per heavy atom. The van der Waals surface area contributed by atoms with Gasteiger partial charge in [-0.25, -0.2) is 8.78 Å². The summed E-state index contributed by atoms with van der Waals surface area (Å²) in [6.45, 7) is 4.36. The first kappa shape index (κ1) is 15.4.